The SMILES string of the molecule is CCOc1cc(NCCNC)ncn1. The average Bonchev–Trinajstić information content (AvgIpc) is 2.19. The molecule has 0 saturated heterocycles. The Morgan fingerprint density at radius 3 is 2.93 bits per heavy atom. The van der Waals surface area contributed by atoms with Crippen molar-refractivity contribution in [1.82, 2.24) is 15.3 Å². The van der Waals surface area contributed by atoms with E-state index >= 15 is 0 Å². The molecule has 1 heterocycles. The molecule has 1 aromatic rings. The first kappa shape index (κ1) is 10.7. The van der Waals surface area contributed by atoms with E-state index in [-0.39, 0.29) is 0 Å². The summed E-state index contributed by atoms with van der Waals surface area (Å²) in [5, 5.41) is 6.19. The minimum absolute atomic E-state index is 0.606. The molecule has 0 atom stereocenters. The van der Waals surface area contributed by atoms with Gasteiger partial charge in [-0.25, -0.2) is 9.97 Å². The second-order valence-corrected chi connectivity index (χ2v) is 2.70. The second-order valence-electron chi connectivity index (χ2n) is 2.70. The quantitative estimate of drug-likeness (QED) is 0.649. The largest absolute Gasteiger partial charge is 0.478 e. The molecule has 0 aliphatic carbocycles. The van der Waals surface area contributed by atoms with E-state index in [1.54, 1.807) is 6.07 Å². The standard InChI is InChI=1S/C9H16N4O/c1-3-14-9-6-8(12-7-13-9)11-5-4-10-2/h6-7,10H,3-5H2,1-2H3,(H,11,12,13). The van der Waals surface area contributed by atoms with Crippen LogP contribution >= 0.6 is 0 Å². The number of nitrogens with zero attached hydrogens (tertiary/aromatic N) is 2. The number of ether oxygens (including phenoxy) is 1. The fraction of sp³-hybridized carbons (Fsp3) is 0.556. The van der Waals surface area contributed by atoms with E-state index in [2.05, 4.69) is 20.6 Å². The minimum Gasteiger partial charge on any atom is -0.478 e. The molecule has 1 rings (SSSR count). The molecule has 0 amide bonds. The van der Waals surface area contributed by atoms with Gasteiger partial charge in [0.05, 0.1) is 6.61 Å². The van der Waals surface area contributed by atoms with Gasteiger partial charge in [0.15, 0.2) is 0 Å². The number of hydrogen-bond donors (Lipinski definition) is 2. The zero-order chi connectivity index (χ0) is 10.2. The van der Waals surface area contributed by atoms with Crippen LogP contribution in [0.5, 0.6) is 5.88 Å². The second kappa shape index (κ2) is 6.15. The molecule has 1 aromatic heterocycles. The molecular formula is C9H16N4O. The molecule has 0 aliphatic heterocycles. The highest BCUT2D eigenvalue weighted by molar-refractivity contribution is 5.36. The first-order valence-corrected chi connectivity index (χ1v) is 4.70. The van der Waals surface area contributed by atoms with Crippen LogP contribution in [0, 0.1) is 0 Å². The normalized spacial score (nSPS) is 9.86. The van der Waals surface area contributed by atoms with Crippen LogP contribution in [0.15, 0.2) is 12.4 Å². The number of aromatic nitrogens is 2. The van der Waals surface area contributed by atoms with Crippen LogP contribution < -0.4 is 15.4 Å². The van der Waals surface area contributed by atoms with Crippen molar-refractivity contribution < 1.29 is 4.74 Å². The van der Waals surface area contributed by atoms with Gasteiger partial charge in [-0.15, -0.1) is 0 Å². The van der Waals surface area contributed by atoms with Crippen LogP contribution in [0.25, 0.3) is 0 Å². The molecule has 2 N–H and O–H groups in total. The summed E-state index contributed by atoms with van der Waals surface area (Å²) >= 11 is 0. The lowest BCUT2D eigenvalue weighted by molar-refractivity contribution is 0.326. The topological polar surface area (TPSA) is 59.1 Å². The van der Waals surface area contributed by atoms with Gasteiger partial charge in [0.1, 0.15) is 12.1 Å². The Morgan fingerprint density at radius 2 is 2.21 bits per heavy atom. The Hall–Kier alpha value is -1.36. The number of hydrogen-bond acceptors (Lipinski definition) is 5. The number of anilines is 1. The zero-order valence-electron chi connectivity index (χ0n) is 8.58. The van der Waals surface area contributed by atoms with Crippen molar-refractivity contribution in [3.63, 3.8) is 0 Å². The van der Waals surface area contributed by atoms with Gasteiger partial charge in [-0.05, 0) is 14.0 Å². The molecule has 14 heavy (non-hydrogen) atoms. The summed E-state index contributed by atoms with van der Waals surface area (Å²) < 4.78 is 5.25. The Morgan fingerprint density at radius 1 is 1.36 bits per heavy atom. The summed E-state index contributed by atoms with van der Waals surface area (Å²) in [5.74, 6) is 1.40. The molecule has 5 nitrogen and oxygen atoms in total. The zero-order valence-corrected chi connectivity index (χ0v) is 8.58. The van der Waals surface area contributed by atoms with Crippen LogP contribution in [-0.4, -0.2) is 36.7 Å². The maximum atomic E-state index is 5.25. The van der Waals surface area contributed by atoms with Gasteiger partial charge in [0.2, 0.25) is 5.88 Å². The molecule has 0 spiro atoms. The van der Waals surface area contributed by atoms with Crippen molar-refractivity contribution >= 4 is 5.82 Å². The lowest BCUT2D eigenvalue weighted by atomic mass is 10.5. The first-order valence-electron chi connectivity index (χ1n) is 4.70. The van der Waals surface area contributed by atoms with Gasteiger partial charge in [0.25, 0.3) is 0 Å². The molecule has 0 radical (unpaired) electrons. The Labute approximate surface area is 83.9 Å². The van der Waals surface area contributed by atoms with Crippen LogP contribution in [0.1, 0.15) is 6.92 Å². The third-order valence-electron chi connectivity index (χ3n) is 1.62. The van der Waals surface area contributed by atoms with Crippen molar-refractivity contribution in [3.8, 4) is 5.88 Å². The summed E-state index contributed by atoms with van der Waals surface area (Å²) in [5.41, 5.74) is 0. The predicted molar refractivity (Wildman–Crippen MR) is 55.6 cm³/mol. The molecule has 0 unspecified atom stereocenters. The maximum absolute atomic E-state index is 5.25. The van der Waals surface area contributed by atoms with Crippen LogP contribution in [0.2, 0.25) is 0 Å². The van der Waals surface area contributed by atoms with E-state index in [0.29, 0.717) is 12.5 Å². The summed E-state index contributed by atoms with van der Waals surface area (Å²) in [6.45, 7) is 4.27. The van der Waals surface area contributed by atoms with Gasteiger partial charge >= 0.3 is 0 Å². The Balaban J connectivity index is 2.46. The number of likely N-dealkylation sites (N-methyl/N-ethyl adjacent to an activating group) is 1. The summed E-state index contributed by atoms with van der Waals surface area (Å²) in [6.07, 6.45) is 1.49. The highest BCUT2D eigenvalue weighted by atomic mass is 16.5. The molecule has 0 aromatic carbocycles. The molecule has 0 bridgehead atoms. The van der Waals surface area contributed by atoms with Gasteiger partial charge < -0.3 is 15.4 Å². The molecule has 5 heteroatoms. The summed E-state index contributed by atoms with van der Waals surface area (Å²) in [6, 6.07) is 1.79. The van der Waals surface area contributed by atoms with E-state index in [4.69, 9.17) is 4.74 Å². The maximum Gasteiger partial charge on any atom is 0.218 e. The number of nitrogens with one attached hydrogen (secondary N) is 2. The van der Waals surface area contributed by atoms with Gasteiger partial charge in [-0.3, -0.25) is 0 Å². The van der Waals surface area contributed by atoms with Crippen molar-refractivity contribution in [2.75, 3.05) is 32.1 Å². The molecule has 78 valence electrons. The van der Waals surface area contributed by atoms with Crippen LogP contribution in [0.3, 0.4) is 0 Å². The fourth-order valence-corrected chi connectivity index (χ4v) is 0.979. The highest BCUT2D eigenvalue weighted by Crippen LogP contribution is 2.09. The van der Waals surface area contributed by atoms with Crippen LogP contribution in [-0.2, 0) is 0 Å². The molecule has 0 aliphatic rings. The Kier molecular flexibility index (Phi) is 4.71. The van der Waals surface area contributed by atoms with E-state index in [9.17, 15) is 0 Å². The van der Waals surface area contributed by atoms with Crippen molar-refractivity contribution in [2.24, 2.45) is 0 Å². The lowest BCUT2D eigenvalue weighted by Gasteiger charge is -2.06. The highest BCUT2D eigenvalue weighted by Gasteiger charge is 1.97. The third kappa shape index (κ3) is 3.57. The van der Waals surface area contributed by atoms with Gasteiger partial charge in [-0.1, -0.05) is 0 Å². The van der Waals surface area contributed by atoms with Gasteiger partial charge in [-0.2, -0.15) is 0 Å². The van der Waals surface area contributed by atoms with Crippen LogP contribution in [0.4, 0.5) is 5.82 Å². The molecule has 0 saturated carbocycles. The molecule has 0 fully saturated rings. The first-order chi connectivity index (χ1) is 6.86. The third-order valence-corrected chi connectivity index (χ3v) is 1.62. The van der Waals surface area contributed by atoms with Gasteiger partial charge in [0, 0.05) is 19.2 Å². The monoisotopic (exact) mass is 196 g/mol. The summed E-state index contributed by atoms with van der Waals surface area (Å²) in [4.78, 5) is 8.03. The predicted octanol–water partition coefficient (Wildman–Crippen LogP) is 0.507. The van der Waals surface area contributed by atoms with E-state index in [1.165, 1.54) is 6.33 Å². The average molecular weight is 196 g/mol. The Bertz CT molecular complexity index is 267. The number of rotatable bonds is 6. The lowest BCUT2D eigenvalue weighted by Crippen LogP contribution is -2.18. The van der Waals surface area contributed by atoms with Crippen molar-refractivity contribution in [2.45, 2.75) is 6.92 Å². The van der Waals surface area contributed by atoms with E-state index < -0.39 is 0 Å². The van der Waals surface area contributed by atoms with Crippen molar-refractivity contribution in [1.29, 1.82) is 0 Å². The fourth-order valence-electron chi connectivity index (χ4n) is 0.979. The van der Waals surface area contributed by atoms with E-state index in [1.807, 2.05) is 14.0 Å². The van der Waals surface area contributed by atoms with E-state index in [0.717, 1.165) is 18.9 Å². The smallest absolute Gasteiger partial charge is 0.218 e. The van der Waals surface area contributed by atoms with Crippen molar-refractivity contribution in [3.05, 3.63) is 12.4 Å². The summed E-state index contributed by atoms with van der Waals surface area (Å²) in [7, 11) is 1.91. The molecular weight excluding hydrogens is 180 g/mol. The minimum atomic E-state index is 0.606.